The van der Waals surface area contributed by atoms with E-state index in [4.69, 9.17) is 16.9 Å². The molecule has 0 aromatic heterocycles. The van der Waals surface area contributed by atoms with E-state index in [1.165, 1.54) is 0 Å². The van der Waals surface area contributed by atoms with Crippen LogP contribution in [0.5, 0.6) is 0 Å². The smallest absolute Gasteiger partial charge is 0.0927 e. The summed E-state index contributed by atoms with van der Waals surface area (Å²) in [5.74, 6) is 0. The van der Waals surface area contributed by atoms with Gasteiger partial charge in [0.25, 0.3) is 0 Å². The quantitative estimate of drug-likeness (QED) is 0.802. The summed E-state index contributed by atoms with van der Waals surface area (Å²) in [7, 11) is 0. The van der Waals surface area contributed by atoms with E-state index < -0.39 is 0 Å². The van der Waals surface area contributed by atoms with Gasteiger partial charge in [0.2, 0.25) is 0 Å². The molecule has 0 spiro atoms. The van der Waals surface area contributed by atoms with Gasteiger partial charge in [0, 0.05) is 11.6 Å². The number of nitrogens with zero attached hydrogens (tertiary/aromatic N) is 1. The Morgan fingerprint density at radius 3 is 3.00 bits per heavy atom. The lowest BCUT2D eigenvalue weighted by Crippen LogP contribution is -2.23. The van der Waals surface area contributed by atoms with Crippen LogP contribution in [0.2, 0.25) is 5.02 Å². The van der Waals surface area contributed by atoms with Gasteiger partial charge < -0.3 is 0 Å². The minimum Gasteiger partial charge on any atom is -0.298 e. The van der Waals surface area contributed by atoms with Gasteiger partial charge in [0.15, 0.2) is 0 Å². The van der Waals surface area contributed by atoms with Gasteiger partial charge >= 0.3 is 0 Å². The third-order valence-corrected chi connectivity index (χ3v) is 1.93. The van der Waals surface area contributed by atoms with Crippen molar-refractivity contribution >= 4 is 11.6 Å². The predicted molar refractivity (Wildman–Crippen MR) is 53.4 cm³/mol. The molecule has 1 rings (SSSR count). The average Bonchev–Trinajstić information content (AvgIpc) is 2.14. The van der Waals surface area contributed by atoms with Crippen molar-refractivity contribution < 1.29 is 0 Å². The molecule has 0 saturated carbocycles. The average molecular weight is 195 g/mol. The Morgan fingerprint density at radius 2 is 2.38 bits per heavy atom. The van der Waals surface area contributed by atoms with E-state index in [9.17, 15) is 0 Å². The highest BCUT2D eigenvalue weighted by Gasteiger charge is 1.98. The summed E-state index contributed by atoms with van der Waals surface area (Å²) >= 11 is 5.80. The number of nitrogens with one attached hydrogen (secondary N) is 1. The van der Waals surface area contributed by atoms with Crippen LogP contribution in [0.1, 0.15) is 12.5 Å². The number of benzene rings is 1. The van der Waals surface area contributed by atoms with E-state index in [0.29, 0.717) is 6.54 Å². The fourth-order valence-electron chi connectivity index (χ4n) is 0.964. The van der Waals surface area contributed by atoms with Gasteiger partial charge in [0.05, 0.1) is 12.1 Å². The first kappa shape index (κ1) is 10.0. The second kappa shape index (κ2) is 4.86. The van der Waals surface area contributed by atoms with E-state index in [2.05, 4.69) is 11.4 Å². The predicted octanol–water partition coefficient (Wildman–Crippen LogP) is 2.34. The van der Waals surface area contributed by atoms with Crippen molar-refractivity contribution in [2.24, 2.45) is 0 Å². The Bertz CT molecular complexity index is 317. The van der Waals surface area contributed by atoms with Crippen molar-refractivity contribution in [1.29, 1.82) is 5.26 Å². The molecule has 13 heavy (non-hydrogen) atoms. The second-order valence-electron chi connectivity index (χ2n) is 2.86. The summed E-state index contributed by atoms with van der Waals surface area (Å²) in [4.78, 5) is 0. The Hall–Kier alpha value is -1.04. The number of hydrogen-bond acceptors (Lipinski definition) is 2. The molecule has 68 valence electrons. The highest BCUT2D eigenvalue weighted by Crippen LogP contribution is 2.10. The molecule has 1 atom stereocenters. The summed E-state index contributed by atoms with van der Waals surface area (Å²) in [6.07, 6.45) is 0. The lowest BCUT2D eigenvalue weighted by Gasteiger charge is -2.05. The molecule has 0 bridgehead atoms. The van der Waals surface area contributed by atoms with E-state index >= 15 is 0 Å². The molecule has 1 unspecified atom stereocenters. The van der Waals surface area contributed by atoms with Gasteiger partial charge in [-0.25, -0.2) is 0 Å². The fraction of sp³-hybridized carbons (Fsp3) is 0.300. The maximum absolute atomic E-state index is 8.53. The normalized spacial score (nSPS) is 12.1. The third-order valence-electron chi connectivity index (χ3n) is 1.70. The molecule has 0 aliphatic rings. The summed E-state index contributed by atoms with van der Waals surface area (Å²) in [6, 6.07) is 9.57. The zero-order valence-electron chi connectivity index (χ0n) is 7.42. The molecule has 0 saturated heterocycles. The standard InChI is InChI=1S/C10H11ClN2/c1-8(6-12)13-7-9-3-2-4-10(11)5-9/h2-5,8,13H,7H2,1H3. The van der Waals surface area contributed by atoms with Gasteiger partial charge in [-0.05, 0) is 24.6 Å². The van der Waals surface area contributed by atoms with Crippen LogP contribution in [0, 0.1) is 11.3 Å². The van der Waals surface area contributed by atoms with Crippen molar-refractivity contribution in [3.63, 3.8) is 0 Å². The number of rotatable bonds is 3. The first-order chi connectivity index (χ1) is 6.22. The van der Waals surface area contributed by atoms with Crippen LogP contribution in [0.3, 0.4) is 0 Å². The van der Waals surface area contributed by atoms with Crippen molar-refractivity contribution in [1.82, 2.24) is 5.32 Å². The fourth-order valence-corrected chi connectivity index (χ4v) is 1.18. The van der Waals surface area contributed by atoms with Gasteiger partial charge in [0.1, 0.15) is 0 Å². The van der Waals surface area contributed by atoms with Crippen LogP contribution in [-0.2, 0) is 6.54 Å². The molecule has 0 aliphatic heterocycles. The number of hydrogen-bond donors (Lipinski definition) is 1. The van der Waals surface area contributed by atoms with Crippen LogP contribution in [-0.4, -0.2) is 6.04 Å². The molecule has 1 aromatic rings. The number of halogens is 1. The summed E-state index contributed by atoms with van der Waals surface area (Å²) in [5.41, 5.74) is 1.09. The molecule has 1 aromatic carbocycles. The molecule has 0 radical (unpaired) electrons. The molecule has 0 fully saturated rings. The van der Waals surface area contributed by atoms with Crippen LogP contribution >= 0.6 is 11.6 Å². The minimum absolute atomic E-state index is 0.126. The Kier molecular flexibility index (Phi) is 3.75. The van der Waals surface area contributed by atoms with Crippen LogP contribution in [0.15, 0.2) is 24.3 Å². The molecule has 3 heteroatoms. The molecular formula is C10H11ClN2. The van der Waals surface area contributed by atoms with Gasteiger partial charge in [-0.15, -0.1) is 0 Å². The highest BCUT2D eigenvalue weighted by atomic mass is 35.5. The van der Waals surface area contributed by atoms with E-state index in [1.54, 1.807) is 0 Å². The lowest BCUT2D eigenvalue weighted by molar-refractivity contribution is 0.642. The summed E-state index contributed by atoms with van der Waals surface area (Å²) < 4.78 is 0. The monoisotopic (exact) mass is 194 g/mol. The van der Waals surface area contributed by atoms with Gasteiger partial charge in [-0.2, -0.15) is 5.26 Å². The van der Waals surface area contributed by atoms with Crippen molar-refractivity contribution in [3.05, 3.63) is 34.9 Å². The lowest BCUT2D eigenvalue weighted by atomic mass is 10.2. The maximum Gasteiger partial charge on any atom is 0.0927 e. The third kappa shape index (κ3) is 3.45. The van der Waals surface area contributed by atoms with E-state index in [-0.39, 0.29) is 6.04 Å². The van der Waals surface area contributed by atoms with Crippen molar-refractivity contribution in [2.75, 3.05) is 0 Å². The zero-order valence-corrected chi connectivity index (χ0v) is 8.17. The van der Waals surface area contributed by atoms with Crippen LogP contribution in [0.25, 0.3) is 0 Å². The molecule has 0 heterocycles. The molecular weight excluding hydrogens is 184 g/mol. The van der Waals surface area contributed by atoms with Gasteiger partial charge in [-0.1, -0.05) is 23.7 Å². The van der Waals surface area contributed by atoms with E-state index in [1.807, 2.05) is 31.2 Å². The maximum atomic E-state index is 8.53. The topological polar surface area (TPSA) is 35.8 Å². The summed E-state index contributed by atoms with van der Waals surface area (Å²) in [5, 5.41) is 12.3. The molecule has 0 aliphatic carbocycles. The first-order valence-electron chi connectivity index (χ1n) is 4.10. The summed E-state index contributed by atoms with van der Waals surface area (Å²) in [6.45, 7) is 2.50. The second-order valence-corrected chi connectivity index (χ2v) is 3.30. The van der Waals surface area contributed by atoms with E-state index in [0.717, 1.165) is 10.6 Å². The molecule has 2 nitrogen and oxygen atoms in total. The number of nitriles is 1. The Balaban J connectivity index is 2.51. The zero-order chi connectivity index (χ0) is 9.68. The van der Waals surface area contributed by atoms with Crippen molar-refractivity contribution in [3.8, 4) is 6.07 Å². The largest absolute Gasteiger partial charge is 0.298 e. The highest BCUT2D eigenvalue weighted by molar-refractivity contribution is 6.30. The van der Waals surface area contributed by atoms with Gasteiger partial charge in [-0.3, -0.25) is 5.32 Å². The Labute approximate surface area is 83.1 Å². The Morgan fingerprint density at radius 1 is 1.62 bits per heavy atom. The minimum atomic E-state index is -0.126. The van der Waals surface area contributed by atoms with Crippen LogP contribution < -0.4 is 5.32 Å². The molecule has 1 N–H and O–H groups in total. The molecule has 0 amide bonds. The van der Waals surface area contributed by atoms with Crippen LogP contribution in [0.4, 0.5) is 0 Å². The van der Waals surface area contributed by atoms with Crippen molar-refractivity contribution in [2.45, 2.75) is 19.5 Å². The first-order valence-corrected chi connectivity index (χ1v) is 4.47. The SMILES string of the molecule is CC(C#N)NCc1cccc(Cl)c1.